The summed E-state index contributed by atoms with van der Waals surface area (Å²) < 4.78 is 6.07. The normalized spacial score (nSPS) is 10.9. The molecule has 112 valence electrons. The van der Waals surface area contributed by atoms with Crippen molar-refractivity contribution in [3.8, 4) is 11.5 Å². The van der Waals surface area contributed by atoms with E-state index in [1.54, 1.807) is 11.8 Å². The van der Waals surface area contributed by atoms with Crippen LogP contribution in [-0.4, -0.2) is 12.3 Å². The van der Waals surface area contributed by atoms with Crippen molar-refractivity contribution < 1.29 is 4.74 Å². The highest BCUT2D eigenvalue weighted by Crippen LogP contribution is 2.32. The van der Waals surface area contributed by atoms with Crippen molar-refractivity contribution in [3.05, 3.63) is 53.6 Å². The van der Waals surface area contributed by atoms with Crippen LogP contribution < -0.4 is 10.1 Å². The first-order valence-corrected chi connectivity index (χ1v) is 8.46. The van der Waals surface area contributed by atoms with Crippen LogP contribution >= 0.6 is 11.8 Å². The molecule has 2 nitrogen and oxygen atoms in total. The summed E-state index contributed by atoms with van der Waals surface area (Å²) in [6.07, 6.45) is 2.07. The highest BCUT2D eigenvalue weighted by Gasteiger charge is 2.06. The monoisotopic (exact) mass is 301 g/mol. The van der Waals surface area contributed by atoms with E-state index in [2.05, 4.69) is 56.6 Å². The van der Waals surface area contributed by atoms with E-state index in [1.807, 2.05) is 18.2 Å². The summed E-state index contributed by atoms with van der Waals surface area (Å²) in [6, 6.07) is 15.0. The molecule has 0 aliphatic heterocycles. The van der Waals surface area contributed by atoms with E-state index in [0.29, 0.717) is 6.04 Å². The molecule has 0 aromatic heterocycles. The fourth-order valence-electron chi connectivity index (χ4n) is 2.08. The molecule has 1 N–H and O–H groups in total. The fraction of sp³-hybridized carbons (Fsp3) is 0.333. The lowest BCUT2D eigenvalue weighted by Gasteiger charge is -2.13. The van der Waals surface area contributed by atoms with Crippen LogP contribution in [0.3, 0.4) is 0 Å². The Morgan fingerprint density at radius 2 is 1.86 bits per heavy atom. The predicted octanol–water partition coefficient (Wildman–Crippen LogP) is 5.01. The highest BCUT2D eigenvalue weighted by molar-refractivity contribution is 7.98. The van der Waals surface area contributed by atoms with Crippen LogP contribution in [0.15, 0.2) is 47.4 Å². The number of rotatable bonds is 6. The molecule has 0 aliphatic carbocycles. The lowest BCUT2D eigenvalue weighted by molar-refractivity contribution is 0.467. The van der Waals surface area contributed by atoms with E-state index in [0.717, 1.165) is 28.5 Å². The largest absolute Gasteiger partial charge is 0.456 e. The van der Waals surface area contributed by atoms with Crippen molar-refractivity contribution in [1.29, 1.82) is 0 Å². The molecule has 0 fully saturated rings. The Labute approximate surface area is 131 Å². The molecule has 0 aliphatic rings. The zero-order valence-electron chi connectivity index (χ0n) is 13.1. The average Bonchev–Trinajstić information content (AvgIpc) is 2.48. The van der Waals surface area contributed by atoms with Gasteiger partial charge in [-0.3, -0.25) is 0 Å². The predicted molar refractivity (Wildman–Crippen MR) is 91.5 cm³/mol. The van der Waals surface area contributed by atoms with E-state index in [1.165, 1.54) is 5.56 Å². The molecular formula is C18H23NOS. The maximum Gasteiger partial charge on any atom is 0.140 e. The van der Waals surface area contributed by atoms with Gasteiger partial charge in [-0.15, -0.1) is 11.8 Å². The average molecular weight is 301 g/mol. The van der Waals surface area contributed by atoms with Crippen molar-refractivity contribution >= 4 is 11.8 Å². The SMILES string of the molecule is CSc1ccccc1Oc1ccc(CNC(C)C)cc1C. The molecule has 0 spiro atoms. The molecule has 0 radical (unpaired) electrons. The number of ether oxygens (including phenoxy) is 1. The van der Waals surface area contributed by atoms with Crippen LogP contribution in [0.25, 0.3) is 0 Å². The van der Waals surface area contributed by atoms with Gasteiger partial charge in [-0.2, -0.15) is 0 Å². The standard InChI is InChI=1S/C18H23NOS/c1-13(2)19-12-15-9-10-16(14(3)11-15)20-17-7-5-6-8-18(17)21-4/h5-11,13,19H,12H2,1-4H3. The third-order valence-corrected chi connectivity index (χ3v) is 4.02. The minimum Gasteiger partial charge on any atom is -0.456 e. The third-order valence-electron chi connectivity index (χ3n) is 3.24. The highest BCUT2D eigenvalue weighted by atomic mass is 32.2. The number of benzene rings is 2. The van der Waals surface area contributed by atoms with Crippen LogP contribution in [0, 0.1) is 6.92 Å². The summed E-state index contributed by atoms with van der Waals surface area (Å²) in [6.45, 7) is 7.30. The second-order valence-electron chi connectivity index (χ2n) is 5.39. The van der Waals surface area contributed by atoms with Crippen LogP contribution in [0.4, 0.5) is 0 Å². The first kappa shape index (κ1) is 15.9. The molecule has 2 aromatic rings. The molecule has 0 saturated carbocycles. The van der Waals surface area contributed by atoms with E-state index in [4.69, 9.17) is 4.74 Å². The Hall–Kier alpha value is -1.45. The van der Waals surface area contributed by atoms with Gasteiger partial charge in [-0.05, 0) is 42.5 Å². The fourth-order valence-corrected chi connectivity index (χ4v) is 2.61. The maximum absolute atomic E-state index is 6.07. The van der Waals surface area contributed by atoms with Crippen LogP contribution in [0.2, 0.25) is 0 Å². The van der Waals surface area contributed by atoms with Gasteiger partial charge in [0.25, 0.3) is 0 Å². The zero-order chi connectivity index (χ0) is 15.2. The Bertz CT molecular complexity index is 596. The molecule has 2 rings (SSSR count). The van der Waals surface area contributed by atoms with Gasteiger partial charge in [0.15, 0.2) is 0 Å². The van der Waals surface area contributed by atoms with Crippen molar-refractivity contribution in [2.75, 3.05) is 6.26 Å². The molecule has 0 atom stereocenters. The number of para-hydroxylation sites is 1. The summed E-state index contributed by atoms with van der Waals surface area (Å²) in [5.41, 5.74) is 2.45. The van der Waals surface area contributed by atoms with Gasteiger partial charge < -0.3 is 10.1 Å². The Kier molecular flexibility index (Phi) is 5.71. The van der Waals surface area contributed by atoms with E-state index in [-0.39, 0.29) is 0 Å². The van der Waals surface area contributed by atoms with Crippen molar-refractivity contribution in [2.24, 2.45) is 0 Å². The van der Waals surface area contributed by atoms with Crippen molar-refractivity contribution in [3.63, 3.8) is 0 Å². The number of thioether (sulfide) groups is 1. The van der Waals surface area contributed by atoms with Gasteiger partial charge in [0.1, 0.15) is 11.5 Å². The number of hydrogen-bond acceptors (Lipinski definition) is 3. The number of nitrogens with one attached hydrogen (secondary N) is 1. The van der Waals surface area contributed by atoms with E-state index in [9.17, 15) is 0 Å². The van der Waals surface area contributed by atoms with Crippen LogP contribution in [-0.2, 0) is 6.54 Å². The lowest BCUT2D eigenvalue weighted by Crippen LogP contribution is -2.21. The minimum atomic E-state index is 0.495. The Morgan fingerprint density at radius 1 is 1.10 bits per heavy atom. The Morgan fingerprint density at radius 3 is 2.52 bits per heavy atom. The third kappa shape index (κ3) is 4.51. The number of hydrogen-bond donors (Lipinski definition) is 1. The second kappa shape index (κ2) is 7.53. The zero-order valence-corrected chi connectivity index (χ0v) is 14.0. The van der Waals surface area contributed by atoms with Crippen molar-refractivity contribution in [2.45, 2.75) is 38.3 Å². The van der Waals surface area contributed by atoms with Crippen LogP contribution in [0.5, 0.6) is 11.5 Å². The van der Waals surface area contributed by atoms with Gasteiger partial charge in [-0.1, -0.05) is 38.1 Å². The topological polar surface area (TPSA) is 21.3 Å². The summed E-state index contributed by atoms with van der Waals surface area (Å²) in [5.74, 6) is 1.84. The minimum absolute atomic E-state index is 0.495. The van der Waals surface area contributed by atoms with Gasteiger partial charge in [0.05, 0.1) is 0 Å². The first-order chi connectivity index (χ1) is 10.1. The van der Waals surface area contributed by atoms with Crippen LogP contribution in [0.1, 0.15) is 25.0 Å². The second-order valence-corrected chi connectivity index (χ2v) is 6.24. The van der Waals surface area contributed by atoms with Crippen molar-refractivity contribution in [1.82, 2.24) is 5.32 Å². The number of aryl methyl sites for hydroxylation is 1. The molecular weight excluding hydrogens is 278 g/mol. The molecule has 0 heterocycles. The van der Waals surface area contributed by atoms with Gasteiger partial charge in [0.2, 0.25) is 0 Å². The van der Waals surface area contributed by atoms with Gasteiger partial charge in [-0.25, -0.2) is 0 Å². The quantitative estimate of drug-likeness (QED) is 0.758. The summed E-state index contributed by atoms with van der Waals surface area (Å²) in [5, 5.41) is 3.43. The first-order valence-electron chi connectivity index (χ1n) is 7.24. The molecule has 3 heteroatoms. The maximum atomic E-state index is 6.07. The van der Waals surface area contributed by atoms with E-state index < -0.39 is 0 Å². The summed E-state index contributed by atoms with van der Waals surface area (Å²) in [7, 11) is 0. The smallest absolute Gasteiger partial charge is 0.140 e. The molecule has 21 heavy (non-hydrogen) atoms. The summed E-state index contributed by atoms with van der Waals surface area (Å²) in [4.78, 5) is 1.16. The summed E-state index contributed by atoms with van der Waals surface area (Å²) >= 11 is 1.70. The Balaban J connectivity index is 2.14. The molecule has 2 aromatic carbocycles. The van der Waals surface area contributed by atoms with Gasteiger partial charge in [0, 0.05) is 17.5 Å². The molecule has 0 saturated heterocycles. The van der Waals surface area contributed by atoms with E-state index >= 15 is 0 Å². The lowest BCUT2D eigenvalue weighted by atomic mass is 10.1. The molecule has 0 bridgehead atoms. The van der Waals surface area contributed by atoms with Gasteiger partial charge >= 0.3 is 0 Å². The molecule has 0 amide bonds. The molecule has 0 unspecified atom stereocenters.